The molecule has 14 atom stereocenters. The number of fused-ring (bicyclic) bond motifs is 10. The van der Waals surface area contributed by atoms with E-state index in [0.717, 1.165) is 73.0 Å². The third-order valence-electron chi connectivity index (χ3n) is 18.6. The summed E-state index contributed by atoms with van der Waals surface area (Å²) in [7, 11) is 0. The van der Waals surface area contributed by atoms with Gasteiger partial charge in [0.15, 0.2) is 0 Å². The molecule has 0 aromatic heterocycles. The van der Waals surface area contributed by atoms with Crippen molar-refractivity contribution in [1.82, 2.24) is 0 Å². The van der Waals surface area contributed by atoms with E-state index >= 15 is 0 Å². The lowest BCUT2D eigenvalue weighted by Gasteiger charge is -2.58. The van der Waals surface area contributed by atoms with Crippen LogP contribution in [0.25, 0.3) is 0 Å². The van der Waals surface area contributed by atoms with E-state index in [9.17, 15) is 10.2 Å². The average Bonchev–Trinajstić information content (AvgIpc) is 3.65. The fraction of sp³-hybridized carbons (Fsp3) is 0.840. The Labute approximate surface area is 320 Å². The van der Waals surface area contributed by atoms with E-state index in [1.54, 1.807) is 22.3 Å². The van der Waals surface area contributed by atoms with Crippen LogP contribution in [-0.2, 0) is 0 Å². The van der Waals surface area contributed by atoms with Gasteiger partial charge in [-0.05, 0) is 198 Å². The number of aliphatic hydroxyl groups is 2. The SMILES string of the molecule is C/C(=C\C(C)C)[C@H]1CCC2C3CC=C4C[C@@H](O)CC[C@]4(C)C3CC[C@@]21C.CCC/C=C(\C)[C@H]1CCC2C3CC=C4C[C@@H](O)CC[C@]4(C)C3CC[C@@]21C. The minimum atomic E-state index is -0.0839. The summed E-state index contributed by atoms with van der Waals surface area (Å²) in [6, 6.07) is 0. The molecule has 0 bridgehead atoms. The lowest BCUT2D eigenvalue weighted by Crippen LogP contribution is -2.50. The van der Waals surface area contributed by atoms with Crippen LogP contribution in [0.3, 0.4) is 0 Å². The number of unbranched alkanes of at least 4 members (excludes halogenated alkanes) is 1. The largest absolute Gasteiger partial charge is 0.393 e. The van der Waals surface area contributed by atoms with E-state index in [2.05, 4.69) is 86.6 Å². The van der Waals surface area contributed by atoms with Crippen molar-refractivity contribution in [2.45, 2.75) is 190 Å². The molecule has 0 aromatic rings. The number of allylic oxidation sites excluding steroid dienone is 6. The summed E-state index contributed by atoms with van der Waals surface area (Å²) in [5, 5.41) is 20.3. The summed E-state index contributed by atoms with van der Waals surface area (Å²) < 4.78 is 0. The predicted octanol–water partition coefficient (Wildman–Crippen LogP) is 13.2. The molecule has 8 aliphatic rings. The Hall–Kier alpha value is -1.12. The monoisotopic (exact) mass is 713 g/mol. The molecule has 0 spiro atoms. The van der Waals surface area contributed by atoms with Crippen LogP contribution in [0.15, 0.2) is 46.6 Å². The first-order valence-corrected chi connectivity index (χ1v) is 22.8. The highest BCUT2D eigenvalue weighted by Crippen LogP contribution is 2.69. The van der Waals surface area contributed by atoms with Gasteiger partial charge in [0, 0.05) is 0 Å². The molecule has 0 aliphatic heterocycles. The number of hydrogen-bond donors (Lipinski definition) is 2. The fourth-order valence-corrected chi connectivity index (χ4v) is 15.9. The van der Waals surface area contributed by atoms with Crippen LogP contribution in [0.1, 0.15) is 178 Å². The van der Waals surface area contributed by atoms with Crippen LogP contribution in [-0.4, -0.2) is 22.4 Å². The molecule has 2 heteroatoms. The molecule has 52 heavy (non-hydrogen) atoms. The summed E-state index contributed by atoms with van der Waals surface area (Å²) in [6.07, 6.45) is 32.9. The van der Waals surface area contributed by atoms with Crippen molar-refractivity contribution in [1.29, 1.82) is 0 Å². The summed E-state index contributed by atoms with van der Waals surface area (Å²) in [5.41, 5.74) is 8.38. The molecule has 2 nitrogen and oxygen atoms in total. The van der Waals surface area contributed by atoms with Crippen molar-refractivity contribution < 1.29 is 10.2 Å². The molecule has 6 unspecified atom stereocenters. The molecular weight excluding hydrogens is 633 g/mol. The zero-order valence-corrected chi connectivity index (χ0v) is 35.3. The average molecular weight is 713 g/mol. The Morgan fingerprint density at radius 1 is 0.654 bits per heavy atom. The highest BCUT2D eigenvalue weighted by Gasteiger charge is 2.60. The Morgan fingerprint density at radius 3 is 1.56 bits per heavy atom. The standard InChI is InChI=1S/2C25H40O/c1-16(2)14-17(3)21-8-9-22-20-7-6-18-15-19(26)10-12-24(18,4)23(20)11-13-25(21,22)5;1-5-6-7-17(2)21-10-11-22-20-9-8-18-16-19(26)12-14-24(18,3)23(20)13-15-25(21,22)4/h6,14,16,19-23,26H,7-13,15H2,1-5H3;7-8,19-23,26H,5-6,9-16H2,1-4H3/b17-14+;17-7+/t2*19-,20?,21+,22?,23?,24-,25+/m00/s1. The molecule has 0 heterocycles. The second-order valence-electron chi connectivity index (χ2n) is 21.6. The quantitative estimate of drug-likeness (QED) is 0.279. The van der Waals surface area contributed by atoms with Crippen LogP contribution < -0.4 is 0 Å². The first-order chi connectivity index (χ1) is 24.7. The molecule has 0 saturated heterocycles. The van der Waals surface area contributed by atoms with Crippen molar-refractivity contribution in [3.05, 3.63) is 46.6 Å². The van der Waals surface area contributed by atoms with E-state index < -0.39 is 0 Å². The molecular formula is C50H80O2. The molecule has 8 aliphatic carbocycles. The van der Waals surface area contributed by atoms with Crippen LogP contribution in [0, 0.1) is 74.9 Å². The third kappa shape index (κ3) is 6.54. The minimum Gasteiger partial charge on any atom is -0.393 e. The van der Waals surface area contributed by atoms with Gasteiger partial charge in [-0.1, -0.05) is 101 Å². The van der Waals surface area contributed by atoms with E-state index in [-0.39, 0.29) is 12.2 Å². The van der Waals surface area contributed by atoms with E-state index in [1.165, 1.54) is 89.9 Å². The first kappa shape index (κ1) is 39.1. The second kappa shape index (κ2) is 14.8. The van der Waals surface area contributed by atoms with Crippen molar-refractivity contribution in [2.75, 3.05) is 0 Å². The van der Waals surface area contributed by atoms with Gasteiger partial charge in [0.05, 0.1) is 12.2 Å². The number of aliphatic hydroxyl groups excluding tert-OH is 2. The van der Waals surface area contributed by atoms with E-state index in [4.69, 9.17) is 0 Å². The van der Waals surface area contributed by atoms with Crippen molar-refractivity contribution in [2.24, 2.45) is 74.9 Å². The normalized spacial score (nSPS) is 48.5. The highest BCUT2D eigenvalue weighted by molar-refractivity contribution is 5.28. The molecule has 8 rings (SSSR count). The number of hydrogen-bond acceptors (Lipinski definition) is 2. The molecule has 6 fully saturated rings. The van der Waals surface area contributed by atoms with Crippen LogP contribution in [0.4, 0.5) is 0 Å². The van der Waals surface area contributed by atoms with Gasteiger partial charge < -0.3 is 10.2 Å². The van der Waals surface area contributed by atoms with Gasteiger partial charge in [-0.2, -0.15) is 0 Å². The summed E-state index contributed by atoms with van der Waals surface area (Å²) >= 11 is 0. The van der Waals surface area contributed by atoms with Crippen LogP contribution in [0.2, 0.25) is 0 Å². The lowest BCUT2D eigenvalue weighted by atomic mass is 9.47. The van der Waals surface area contributed by atoms with E-state index in [0.29, 0.717) is 27.6 Å². The maximum Gasteiger partial charge on any atom is 0.0577 e. The number of rotatable bonds is 5. The van der Waals surface area contributed by atoms with Crippen molar-refractivity contribution in [3.63, 3.8) is 0 Å². The zero-order valence-electron chi connectivity index (χ0n) is 35.3. The summed E-state index contributed by atoms with van der Waals surface area (Å²) in [4.78, 5) is 0. The van der Waals surface area contributed by atoms with E-state index in [1.807, 2.05) is 0 Å². The van der Waals surface area contributed by atoms with Gasteiger partial charge in [-0.3, -0.25) is 0 Å². The maximum absolute atomic E-state index is 10.2. The molecule has 0 amide bonds. The Balaban J connectivity index is 0.000000162. The first-order valence-electron chi connectivity index (χ1n) is 22.8. The third-order valence-corrected chi connectivity index (χ3v) is 18.6. The van der Waals surface area contributed by atoms with Gasteiger partial charge in [0.1, 0.15) is 0 Å². The van der Waals surface area contributed by atoms with Gasteiger partial charge >= 0.3 is 0 Å². The van der Waals surface area contributed by atoms with Crippen LogP contribution in [0.5, 0.6) is 0 Å². The molecule has 2 N–H and O–H groups in total. The lowest BCUT2D eigenvalue weighted by molar-refractivity contribution is -0.0454. The maximum atomic E-state index is 10.2. The van der Waals surface area contributed by atoms with Crippen molar-refractivity contribution in [3.8, 4) is 0 Å². The van der Waals surface area contributed by atoms with Crippen LogP contribution >= 0.6 is 0 Å². The van der Waals surface area contributed by atoms with Gasteiger partial charge in [0.25, 0.3) is 0 Å². The molecule has 6 saturated carbocycles. The van der Waals surface area contributed by atoms with Crippen molar-refractivity contribution >= 4 is 0 Å². The Morgan fingerprint density at radius 2 is 1.12 bits per heavy atom. The highest BCUT2D eigenvalue weighted by atomic mass is 16.3. The Bertz CT molecular complexity index is 1430. The summed E-state index contributed by atoms with van der Waals surface area (Å²) in [6.45, 7) is 22.1. The molecule has 0 aromatic carbocycles. The Kier molecular flexibility index (Phi) is 11.1. The fourth-order valence-electron chi connectivity index (χ4n) is 15.9. The zero-order chi connectivity index (χ0) is 37.2. The smallest absolute Gasteiger partial charge is 0.0577 e. The summed E-state index contributed by atoms with van der Waals surface area (Å²) in [5.74, 6) is 7.63. The van der Waals surface area contributed by atoms with Gasteiger partial charge in [-0.15, -0.1) is 0 Å². The van der Waals surface area contributed by atoms with Gasteiger partial charge in [-0.25, -0.2) is 0 Å². The predicted molar refractivity (Wildman–Crippen MR) is 220 cm³/mol. The topological polar surface area (TPSA) is 40.5 Å². The molecule has 292 valence electrons. The van der Waals surface area contributed by atoms with Gasteiger partial charge in [0.2, 0.25) is 0 Å². The minimum absolute atomic E-state index is 0.0815. The molecule has 0 radical (unpaired) electrons. The second-order valence-corrected chi connectivity index (χ2v) is 21.6.